The van der Waals surface area contributed by atoms with E-state index in [1.165, 1.54) is 19.3 Å². The SMILES string of the molecule is CCCC[C@@H](C)[C@H]1CC[C@H]2[C@@H]3[C@H](OC(=O)CCC)C[C@@H]4C[C@H](OC(=O)CCC)CC[C@]4(C)[C@H]3C[C@H](OC(=O)CCC)[C@]12C. The van der Waals surface area contributed by atoms with Crippen molar-refractivity contribution in [1.82, 2.24) is 0 Å². The van der Waals surface area contributed by atoms with Gasteiger partial charge in [0.25, 0.3) is 0 Å². The van der Waals surface area contributed by atoms with Gasteiger partial charge in [-0.2, -0.15) is 0 Å². The molecule has 0 aliphatic heterocycles. The summed E-state index contributed by atoms with van der Waals surface area (Å²) in [6.45, 7) is 15.7. The molecule has 4 saturated carbocycles. The number of ether oxygens (including phenoxy) is 3. The average molecular weight is 603 g/mol. The molecule has 0 heterocycles. The van der Waals surface area contributed by atoms with E-state index in [9.17, 15) is 14.4 Å². The lowest BCUT2D eigenvalue weighted by molar-refractivity contribution is -0.225. The summed E-state index contributed by atoms with van der Waals surface area (Å²) in [5.74, 6) is 2.07. The molecule has 4 rings (SSSR count). The maximum Gasteiger partial charge on any atom is 0.306 e. The van der Waals surface area contributed by atoms with Crippen LogP contribution in [0.4, 0.5) is 0 Å². The minimum Gasteiger partial charge on any atom is -0.462 e. The summed E-state index contributed by atoms with van der Waals surface area (Å²) in [6.07, 6.45) is 13.7. The van der Waals surface area contributed by atoms with E-state index in [2.05, 4.69) is 27.7 Å². The highest BCUT2D eigenvalue weighted by atomic mass is 16.6. The molecule has 0 saturated heterocycles. The van der Waals surface area contributed by atoms with Gasteiger partial charge in [-0.3, -0.25) is 14.4 Å². The third-order valence-corrected chi connectivity index (χ3v) is 12.7. The number of hydrogen-bond donors (Lipinski definition) is 0. The lowest BCUT2D eigenvalue weighted by Gasteiger charge is -2.64. The monoisotopic (exact) mass is 602 g/mol. The van der Waals surface area contributed by atoms with Crippen LogP contribution in [0, 0.1) is 46.3 Å². The van der Waals surface area contributed by atoms with E-state index in [4.69, 9.17) is 14.2 Å². The maximum absolute atomic E-state index is 13.2. The molecule has 4 fully saturated rings. The van der Waals surface area contributed by atoms with Gasteiger partial charge in [-0.1, -0.05) is 67.7 Å². The zero-order valence-corrected chi connectivity index (χ0v) is 28.5. The van der Waals surface area contributed by atoms with Crippen molar-refractivity contribution >= 4 is 17.9 Å². The summed E-state index contributed by atoms with van der Waals surface area (Å²) in [7, 11) is 0. The largest absolute Gasteiger partial charge is 0.462 e. The summed E-state index contributed by atoms with van der Waals surface area (Å²) in [6, 6.07) is 0. The summed E-state index contributed by atoms with van der Waals surface area (Å²) in [4.78, 5) is 38.7. The van der Waals surface area contributed by atoms with Crippen LogP contribution < -0.4 is 0 Å². The molecule has 246 valence electrons. The van der Waals surface area contributed by atoms with Crippen LogP contribution in [-0.2, 0) is 28.6 Å². The molecule has 0 aromatic heterocycles. The predicted octanol–water partition coefficient (Wildman–Crippen LogP) is 8.83. The van der Waals surface area contributed by atoms with E-state index >= 15 is 0 Å². The number of carbonyl (C=O) groups is 3. The predicted molar refractivity (Wildman–Crippen MR) is 169 cm³/mol. The standard InChI is InChI=1S/C37H62O6/c1-8-12-16-24(5)27-17-18-28-35-29(23-31(37(27,28)7)43-34(40)15-11-4)36(6)20-19-26(41-32(38)13-9-2)21-25(36)22-30(35)42-33(39)14-10-3/h24-31,35H,8-23H2,1-7H3/t24-,25+,26-,27-,28+,29+,30-,31+,35+,36+,37-/m1/s1. The Morgan fingerprint density at radius 3 is 2.00 bits per heavy atom. The van der Waals surface area contributed by atoms with Crippen molar-refractivity contribution < 1.29 is 28.6 Å². The normalized spacial score (nSPS) is 39.1. The number of carbonyl (C=O) groups excluding carboxylic acids is 3. The van der Waals surface area contributed by atoms with Crippen LogP contribution in [-0.4, -0.2) is 36.2 Å². The molecule has 4 aliphatic carbocycles. The summed E-state index contributed by atoms with van der Waals surface area (Å²) in [5, 5.41) is 0. The smallest absolute Gasteiger partial charge is 0.306 e. The first kappa shape index (κ1) is 34.3. The van der Waals surface area contributed by atoms with E-state index in [0.29, 0.717) is 48.9 Å². The van der Waals surface area contributed by atoms with Crippen molar-refractivity contribution in [3.63, 3.8) is 0 Å². The summed E-state index contributed by atoms with van der Waals surface area (Å²) >= 11 is 0. The van der Waals surface area contributed by atoms with Gasteiger partial charge >= 0.3 is 17.9 Å². The van der Waals surface area contributed by atoms with Gasteiger partial charge in [0.05, 0.1) is 0 Å². The third-order valence-electron chi connectivity index (χ3n) is 12.7. The Hall–Kier alpha value is -1.59. The van der Waals surface area contributed by atoms with Gasteiger partial charge in [0.1, 0.15) is 18.3 Å². The number of fused-ring (bicyclic) bond motifs is 5. The van der Waals surface area contributed by atoms with Gasteiger partial charge in [-0.05, 0) is 99.2 Å². The molecule has 0 bridgehead atoms. The Morgan fingerprint density at radius 2 is 1.37 bits per heavy atom. The molecule has 4 aliphatic rings. The van der Waals surface area contributed by atoms with Gasteiger partial charge in [-0.25, -0.2) is 0 Å². The molecule has 6 nitrogen and oxygen atoms in total. The molecule has 0 spiro atoms. The highest BCUT2D eigenvalue weighted by Gasteiger charge is 2.67. The average Bonchev–Trinajstić information content (AvgIpc) is 3.31. The van der Waals surface area contributed by atoms with Crippen LogP contribution in [0.1, 0.15) is 151 Å². The van der Waals surface area contributed by atoms with E-state index in [0.717, 1.165) is 64.2 Å². The van der Waals surface area contributed by atoms with Crippen molar-refractivity contribution in [1.29, 1.82) is 0 Å². The fraction of sp³-hybridized carbons (Fsp3) is 0.919. The molecule has 11 atom stereocenters. The van der Waals surface area contributed by atoms with Crippen LogP contribution in [0.2, 0.25) is 0 Å². The topological polar surface area (TPSA) is 78.9 Å². The number of hydrogen-bond acceptors (Lipinski definition) is 6. The highest BCUT2D eigenvalue weighted by molar-refractivity contribution is 5.70. The molecule has 43 heavy (non-hydrogen) atoms. The quantitative estimate of drug-likeness (QED) is 0.155. The minimum absolute atomic E-state index is 0.0364. The molecule has 0 aromatic carbocycles. The number of esters is 3. The lowest BCUT2D eigenvalue weighted by Crippen LogP contribution is -2.63. The second-order valence-corrected chi connectivity index (χ2v) is 15.3. The van der Waals surface area contributed by atoms with Crippen molar-refractivity contribution in [2.45, 2.75) is 170 Å². The van der Waals surface area contributed by atoms with Crippen LogP contribution >= 0.6 is 0 Å². The van der Waals surface area contributed by atoms with Crippen LogP contribution in [0.25, 0.3) is 0 Å². The Kier molecular flexibility index (Phi) is 11.7. The third kappa shape index (κ3) is 6.98. The van der Waals surface area contributed by atoms with E-state index in [-0.39, 0.29) is 53.0 Å². The highest BCUT2D eigenvalue weighted by Crippen LogP contribution is 2.69. The fourth-order valence-electron chi connectivity index (χ4n) is 10.5. The van der Waals surface area contributed by atoms with Crippen molar-refractivity contribution in [3.8, 4) is 0 Å². The maximum atomic E-state index is 13.2. The van der Waals surface area contributed by atoms with Gasteiger partial charge in [0.15, 0.2) is 0 Å². The van der Waals surface area contributed by atoms with Gasteiger partial charge < -0.3 is 14.2 Å². The van der Waals surface area contributed by atoms with Gasteiger partial charge in [0.2, 0.25) is 0 Å². The fourth-order valence-corrected chi connectivity index (χ4v) is 10.5. The number of rotatable bonds is 13. The van der Waals surface area contributed by atoms with E-state index in [1.54, 1.807) is 0 Å². The van der Waals surface area contributed by atoms with Crippen molar-refractivity contribution in [2.75, 3.05) is 0 Å². The lowest BCUT2D eigenvalue weighted by atomic mass is 9.43. The molecule has 0 unspecified atom stereocenters. The second-order valence-electron chi connectivity index (χ2n) is 15.3. The van der Waals surface area contributed by atoms with Gasteiger partial charge in [0, 0.05) is 30.6 Å². The van der Waals surface area contributed by atoms with Gasteiger partial charge in [-0.15, -0.1) is 0 Å². The number of unbranched alkanes of at least 4 members (excludes halogenated alkanes) is 1. The molecular formula is C37H62O6. The second kappa shape index (κ2) is 14.7. The molecule has 0 amide bonds. The van der Waals surface area contributed by atoms with Crippen molar-refractivity contribution in [3.05, 3.63) is 0 Å². The van der Waals surface area contributed by atoms with Crippen LogP contribution in [0.15, 0.2) is 0 Å². The molecule has 0 N–H and O–H groups in total. The zero-order valence-electron chi connectivity index (χ0n) is 28.5. The Balaban J connectivity index is 1.71. The van der Waals surface area contributed by atoms with Crippen molar-refractivity contribution in [2.24, 2.45) is 46.3 Å². The first-order valence-electron chi connectivity index (χ1n) is 18.1. The Labute approximate surface area is 262 Å². The summed E-state index contributed by atoms with van der Waals surface area (Å²) in [5.41, 5.74) is -0.0854. The molecule has 0 radical (unpaired) electrons. The summed E-state index contributed by atoms with van der Waals surface area (Å²) < 4.78 is 19.0. The molecule has 6 heteroatoms. The first-order valence-corrected chi connectivity index (χ1v) is 18.1. The minimum atomic E-state index is -0.131. The van der Waals surface area contributed by atoms with Crippen LogP contribution in [0.3, 0.4) is 0 Å². The first-order chi connectivity index (χ1) is 20.5. The molecular weight excluding hydrogens is 540 g/mol. The Bertz CT molecular complexity index is 963. The van der Waals surface area contributed by atoms with Crippen LogP contribution in [0.5, 0.6) is 0 Å². The Morgan fingerprint density at radius 1 is 0.744 bits per heavy atom. The zero-order chi connectivity index (χ0) is 31.4. The molecule has 0 aromatic rings. The van der Waals surface area contributed by atoms with E-state index < -0.39 is 0 Å². The van der Waals surface area contributed by atoms with E-state index in [1.807, 2.05) is 20.8 Å².